The first-order valence-electron chi connectivity index (χ1n) is 4.34. The van der Waals surface area contributed by atoms with Crippen molar-refractivity contribution in [2.45, 2.75) is 24.9 Å². The number of hydrogen-bond acceptors (Lipinski definition) is 2. The van der Waals surface area contributed by atoms with Crippen molar-refractivity contribution in [3.8, 4) is 0 Å². The summed E-state index contributed by atoms with van der Waals surface area (Å²) >= 11 is 0.381. The fraction of sp³-hybridized carbons (Fsp3) is 0.444. The molecule has 0 fully saturated rings. The highest BCUT2D eigenvalue weighted by Crippen LogP contribution is 2.48. The number of Topliss-reactive ketones (excluding diaryl/α,β-unsaturated/α-hetero) is 1. The van der Waals surface area contributed by atoms with E-state index in [1.165, 1.54) is 6.07 Å². The van der Waals surface area contributed by atoms with Crippen LogP contribution in [0.3, 0.4) is 0 Å². The van der Waals surface area contributed by atoms with Crippen molar-refractivity contribution >= 4 is 17.1 Å². The molecule has 0 aliphatic carbocycles. The smallest absolute Gasteiger partial charge is 0.286 e. The fourth-order valence-corrected chi connectivity index (χ4v) is 1.97. The molecular formula is C9H5F7OS. The minimum absolute atomic E-state index is 0.0809. The number of thiophene rings is 1. The Labute approximate surface area is 100 Å². The molecule has 1 nitrogen and oxygen atoms in total. The standard InChI is InChI=1S/C9H5F7OS/c1-4-2-3-18-5(4)6(17)7(10,11)8(12,13)9(14,15)16/h2-3H,1H3. The maximum Gasteiger partial charge on any atom is 0.460 e. The Hall–Kier alpha value is -1.12. The lowest BCUT2D eigenvalue weighted by atomic mass is 10.0. The minimum Gasteiger partial charge on any atom is -0.286 e. The molecule has 1 aromatic heterocycles. The normalized spacial score (nSPS) is 13.8. The third-order valence-electron chi connectivity index (χ3n) is 2.10. The van der Waals surface area contributed by atoms with Crippen LogP contribution in [0, 0.1) is 6.92 Å². The summed E-state index contributed by atoms with van der Waals surface area (Å²) < 4.78 is 86.8. The van der Waals surface area contributed by atoms with E-state index >= 15 is 0 Å². The van der Waals surface area contributed by atoms with Crippen LogP contribution >= 0.6 is 11.3 Å². The summed E-state index contributed by atoms with van der Waals surface area (Å²) in [6, 6.07) is 1.17. The van der Waals surface area contributed by atoms with Crippen LogP contribution < -0.4 is 0 Å². The van der Waals surface area contributed by atoms with Gasteiger partial charge in [0.15, 0.2) is 0 Å². The third kappa shape index (κ3) is 2.11. The van der Waals surface area contributed by atoms with Gasteiger partial charge in [-0.15, -0.1) is 11.3 Å². The Morgan fingerprint density at radius 1 is 1.11 bits per heavy atom. The largest absolute Gasteiger partial charge is 0.460 e. The first-order valence-corrected chi connectivity index (χ1v) is 5.22. The molecule has 18 heavy (non-hydrogen) atoms. The van der Waals surface area contributed by atoms with E-state index in [1.807, 2.05) is 0 Å². The monoisotopic (exact) mass is 294 g/mol. The minimum atomic E-state index is -6.50. The van der Waals surface area contributed by atoms with Crippen LogP contribution in [0.1, 0.15) is 15.2 Å². The van der Waals surface area contributed by atoms with E-state index in [0.29, 0.717) is 11.3 Å². The van der Waals surface area contributed by atoms with Gasteiger partial charge in [-0.05, 0) is 23.9 Å². The zero-order valence-electron chi connectivity index (χ0n) is 8.62. The third-order valence-corrected chi connectivity index (χ3v) is 3.12. The Balaban J connectivity index is 3.23. The summed E-state index contributed by atoms with van der Waals surface area (Å²) in [4.78, 5) is 10.3. The van der Waals surface area contributed by atoms with E-state index in [2.05, 4.69) is 0 Å². The number of carbonyl (C=O) groups is 1. The number of carbonyl (C=O) groups excluding carboxylic acids is 1. The second-order valence-electron chi connectivity index (χ2n) is 3.41. The van der Waals surface area contributed by atoms with Crippen LogP contribution in [0.2, 0.25) is 0 Å². The molecule has 0 bridgehead atoms. The molecule has 1 heterocycles. The summed E-state index contributed by atoms with van der Waals surface area (Å²) in [6.07, 6.45) is -6.50. The maximum atomic E-state index is 13.0. The SMILES string of the molecule is Cc1ccsc1C(=O)C(F)(F)C(F)(F)C(F)(F)F. The van der Waals surface area contributed by atoms with E-state index in [4.69, 9.17) is 0 Å². The molecule has 0 saturated heterocycles. The average Bonchev–Trinajstić information content (AvgIpc) is 2.61. The molecule has 0 amide bonds. The van der Waals surface area contributed by atoms with Gasteiger partial charge in [-0.2, -0.15) is 30.7 Å². The zero-order valence-corrected chi connectivity index (χ0v) is 9.43. The van der Waals surface area contributed by atoms with Gasteiger partial charge in [0.05, 0.1) is 4.88 Å². The molecule has 1 aromatic rings. The first kappa shape index (κ1) is 14.9. The molecule has 0 saturated carbocycles. The zero-order chi connectivity index (χ0) is 14.4. The van der Waals surface area contributed by atoms with Crippen molar-refractivity contribution in [3.05, 3.63) is 21.9 Å². The first-order chi connectivity index (χ1) is 7.93. The molecule has 0 atom stereocenters. The van der Waals surface area contributed by atoms with E-state index in [0.717, 1.165) is 12.3 Å². The molecule has 0 spiro atoms. The average molecular weight is 294 g/mol. The van der Waals surface area contributed by atoms with Gasteiger partial charge >= 0.3 is 18.0 Å². The maximum absolute atomic E-state index is 13.0. The van der Waals surface area contributed by atoms with Crippen molar-refractivity contribution in [2.75, 3.05) is 0 Å². The molecular weight excluding hydrogens is 289 g/mol. The number of alkyl halides is 7. The Bertz CT molecular complexity index is 460. The van der Waals surface area contributed by atoms with Gasteiger partial charge in [-0.25, -0.2) is 0 Å². The lowest BCUT2D eigenvalue weighted by Gasteiger charge is -2.26. The van der Waals surface area contributed by atoms with E-state index in [1.54, 1.807) is 0 Å². The van der Waals surface area contributed by atoms with Crippen LogP contribution in [0.5, 0.6) is 0 Å². The van der Waals surface area contributed by atoms with Gasteiger partial charge in [-0.1, -0.05) is 0 Å². The predicted octanol–water partition coefficient (Wildman–Crippen LogP) is 4.07. The quantitative estimate of drug-likeness (QED) is 0.606. The van der Waals surface area contributed by atoms with E-state index in [9.17, 15) is 35.5 Å². The number of ketones is 1. The summed E-state index contributed by atoms with van der Waals surface area (Å²) in [7, 11) is 0. The van der Waals surface area contributed by atoms with Crippen molar-refractivity contribution in [1.82, 2.24) is 0 Å². The number of aryl methyl sites for hydroxylation is 1. The molecule has 0 radical (unpaired) electrons. The Morgan fingerprint density at radius 3 is 1.94 bits per heavy atom. The molecule has 0 unspecified atom stereocenters. The topological polar surface area (TPSA) is 17.1 Å². The van der Waals surface area contributed by atoms with Gasteiger partial charge in [0, 0.05) is 0 Å². The van der Waals surface area contributed by atoms with Crippen molar-refractivity contribution in [1.29, 1.82) is 0 Å². The number of hydrogen-bond donors (Lipinski definition) is 0. The molecule has 0 aromatic carbocycles. The molecule has 0 N–H and O–H groups in total. The molecule has 102 valence electrons. The molecule has 1 rings (SSSR count). The van der Waals surface area contributed by atoms with E-state index < -0.39 is 28.7 Å². The highest BCUT2D eigenvalue weighted by atomic mass is 32.1. The molecule has 9 heteroatoms. The summed E-state index contributed by atoms with van der Waals surface area (Å²) in [5, 5.41) is 1.14. The van der Waals surface area contributed by atoms with Crippen LogP contribution in [-0.4, -0.2) is 23.8 Å². The highest BCUT2D eigenvalue weighted by molar-refractivity contribution is 7.12. The van der Waals surface area contributed by atoms with Crippen LogP contribution in [0.25, 0.3) is 0 Å². The lowest BCUT2D eigenvalue weighted by Crippen LogP contribution is -2.56. The molecule has 0 aliphatic heterocycles. The van der Waals surface area contributed by atoms with Gasteiger partial charge in [0.2, 0.25) is 5.78 Å². The van der Waals surface area contributed by atoms with E-state index in [-0.39, 0.29) is 5.56 Å². The summed E-state index contributed by atoms with van der Waals surface area (Å²) in [5.74, 6) is -14.8. The van der Waals surface area contributed by atoms with Crippen LogP contribution in [0.15, 0.2) is 11.4 Å². The van der Waals surface area contributed by atoms with Crippen molar-refractivity contribution in [3.63, 3.8) is 0 Å². The van der Waals surface area contributed by atoms with Crippen molar-refractivity contribution < 1.29 is 35.5 Å². The number of halogens is 7. The molecule has 0 aliphatic rings. The van der Waals surface area contributed by atoms with Gasteiger partial charge in [0.1, 0.15) is 0 Å². The van der Waals surface area contributed by atoms with Gasteiger partial charge < -0.3 is 0 Å². The predicted molar refractivity (Wildman–Crippen MR) is 49.3 cm³/mol. The second kappa shape index (κ2) is 4.22. The van der Waals surface area contributed by atoms with Gasteiger partial charge in [-0.3, -0.25) is 4.79 Å². The van der Waals surface area contributed by atoms with Crippen LogP contribution in [0.4, 0.5) is 30.7 Å². The van der Waals surface area contributed by atoms with Crippen LogP contribution in [-0.2, 0) is 0 Å². The highest BCUT2D eigenvalue weighted by Gasteiger charge is 2.76. The summed E-state index contributed by atoms with van der Waals surface area (Å²) in [5.41, 5.74) is -0.0809. The Morgan fingerprint density at radius 2 is 1.61 bits per heavy atom. The van der Waals surface area contributed by atoms with Gasteiger partial charge in [0.25, 0.3) is 0 Å². The number of rotatable bonds is 3. The van der Waals surface area contributed by atoms with Crippen molar-refractivity contribution in [2.24, 2.45) is 0 Å². The second-order valence-corrected chi connectivity index (χ2v) is 4.32. The lowest BCUT2D eigenvalue weighted by molar-refractivity contribution is -0.339. The summed E-state index contributed by atoms with van der Waals surface area (Å²) in [6.45, 7) is 1.16. The Kier molecular flexibility index (Phi) is 3.50. The fourth-order valence-electron chi connectivity index (χ4n) is 1.07.